The fraction of sp³-hybridized carbons (Fsp3) is 0.480. The monoisotopic (exact) mass is 508 g/mol. The summed E-state index contributed by atoms with van der Waals surface area (Å²) < 4.78 is 0. The minimum Gasteiger partial charge on any atom is -0.377 e. The lowest BCUT2D eigenvalue weighted by atomic mass is 9.84. The highest BCUT2D eigenvalue weighted by Gasteiger charge is 2.30. The number of carbonyl (C=O) groups excluding carboxylic acids is 1. The number of nitrogens with zero attached hydrogens (tertiary/aromatic N) is 2. The zero-order chi connectivity index (χ0) is 23.5. The van der Waals surface area contributed by atoms with Gasteiger partial charge in [0.1, 0.15) is 0 Å². The van der Waals surface area contributed by atoms with Crippen LogP contribution in [0.5, 0.6) is 0 Å². The van der Waals surface area contributed by atoms with Gasteiger partial charge in [-0.15, -0.1) is 0 Å². The van der Waals surface area contributed by atoms with Crippen LogP contribution in [-0.2, 0) is 4.79 Å². The van der Waals surface area contributed by atoms with Gasteiger partial charge in [0.15, 0.2) is 0 Å². The molecule has 2 aromatic carbocycles. The molecule has 1 heterocycles. The van der Waals surface area contributed by atoms with E-state index in [0.717, 1.165) is 68.8 Å². The quantitative estimate of drug-likeness (QED) is 0.502. The van der Waals surface area contributed by atoms with Gasteiger partial charge in [0.25, 0.3) is 0 Å². The zero-order valence-electron chi connectivity index (χ0n) is 18.9. The molecule has 0 bridgehead atoms. The molecule has 2 fully saturated rings. The molecule has 4 rings (SSSR count). The molecule has 1 saturated heterocycles. The van der Waals surface area contributed by atoms with Crippen molar-refractivity contribution in [3.63, 3.8) is 0 Å². The van der Waals surface area contributed by atoms with Gasteiger partial charge in [0, 0.05) is 53.9 Å². The number of primary amides is 1. The molecule has 33 heavy (non-hydrogen) atoms. The average Bonchev–Trinajstić information content (AvgIpc) is 2.80. The highest BCUT2D eigenvalue weighted by atomic mass is 35.5. The van der Waals surface area contributed by atoms with Gasteiger partial charge in [0.05, 0.1) is 16.8 Å². The number of benzene rings is 2. The molecule has 0 aromatic heterocycles. The van der Waals surface area contributed by atoms with E-state index in [1.54, 1.807) is 6.07 Å². The van der Waals surface area contributed by atoms with Gasteiger partial charge in [-0.3, -0.25) is 9.69 Å². The summed E-state index contributed by atoms with van der Waals surface area (Å²) in [5.74, 6) is -0.0780. The van der Waals surface area contributed by atoms with E-state index in [1.165, 1.54) is 0 Å². The first kappa shape index (κ1) is 24.5. The summed E-state index contributed by atoms with van der Waals surface area (Å²) in [6, 6.07) is 12.2. The Labute approximate surface area is 211 Å². The van der Waals surface area contributed by atoms with Crippen LogP contribution in [0.3, 0.4) is 0 Å². The Balaban J connectivity index is 1.37. The number of hydrogen-bond acceptors (Lipinski definition) is 4. The van der Waals surface area contributed by atoms with Crippen molar-refractivity contribution in [1.82, 2.24) is 4.90 Å². The lowest BCUT2D eigenvalue weighted by molar-refractivity contribution is -0.123. The van der Waals surface area contributed by atoms with E-state index < -0.39 is 0 Å². The molecule has 1 aliphatic carbocycles. The molecule has 0 radical (unpaired) electrons. The third-order valence-corrected chi connectivity index (χ3v) is 7.94. The molecule has 2 aromatic rings. The Bertz CT molecular complexity index is 986. The predicted molar refractivity (Wildman–Crippen MR) is 139 cm³/mol. The number of halogens is 3. The molecule has 8 heteroatoms. The first-order valence-corrected chi connectivity index (χ1v) is 12.7. The normalized spacial score (nSPS) is 22.7. The lowest BCUT2D eigenvalue weighted by Crippen LogP contribution is -2.51. The van der Waals surface area contributed by atoms with Crippen LogP contribution in [0.15, 0.2) is 36.4 Å². The Morgan fingerprint density at radius 3 is 2.30 bits per heavy atom. The number of nitrogens with one attached hydrogen (secondary N) is 1. The fourth-order valence-corrected chi connectivity index (χ4v) is 5.80. The smallest absolute Gasteiger partial charge is 0.220 e. The number of amides is 1. The number of hydrogen-bond donors (Lipinski definition) is 2. The summed E-state index contributed by atoms with van der Waals surface area (Å²) in [6.07, 6.45) is 3.96. The topological polar surface area (TPSA) is 61.6 Å². The summed E-state index contributed by atoms with van der Waals surface area (Å²) in [5, 5.41) is 5.44. The molecule has 3 N–H and O–H groups in total. The summed E-state index contributed by atoms with van der Waals surface area (Å²) >= 11 is 18.9. The van der Waals surface area contributed by atoms with E-state index in [0.29, 0.717) is 21.1 Å². The van der Waals surface area contributed by atoms with Crippen LogP contribution in [0.25, 0.3) is 0 Å². The summed E-state index contributed by atoms with van der Waals surface area (Å²) in [4.78, 5) is 16.4. The van der Waals surface area contributed by atoms with Crippen LogP contribution < -0.4 is 16.0 Å². The summed E-state index contributed by atoms with van der Waals surface area (Å²) in [7, 11) is 0. The van der Waals surface area contributed by atoms with Crippen LogP contribution in [0, 0.1) is 5.92 Å². The van der Waals surface area contributed by atoms with Gasteiger partial charge in [-0.25, -0.2) is 0 Å². The van der Waals surface area contributed by atoms with Crippen molar-refractivity contribution >= 4 is 52.1 Å². The standard InChI is InChI=1S/C25H31Cl3N4O/c1-16(21-8-4-18(26)14-23(21)28)30-24-15-20(7-9-22(24)27)32-12-10-31(11-13-32)19-5-2-17(3-6-19)25(29)33/h4,7-9,14-17,19,30H,2-3,5-6,10-13H2,1H3,(H2,29,33)/t16-,17?,19?/m1/s1. The fourth-order valence-electron chi connectivity index (χ4n) is 5.05. The number of piperazine rings is 1. The first-order chi connectivity index (χ1) is 15.8. The van der Waals surface area contributed by atoms with Crippen molar-refractivity contribution in [3.05, 3.63) is 57.0 Å². The van der Waals surface area contributed by atoms with Crippen molar-refractivity contribution in [3.8, 4) is 0 Å². The van der Waals surface area contributed by atoms with Crippen LogP contribution in [0.1, 0.15) is 44.2 Å². The number of nitrogens with two attached hydrogens (primary N) is 1. The minimum atomic E-state index is -0.141. The summed E-state index contributed by atoms with van der Waals surface area (Å²) in [5.41, 5.74) is 8.51. The maximum Gasteiger partial charge on any atom is 0.220 e. The van der Waals surface area contributed by atoms with Gasteiger partial charge in [-0.05, 0) is 68.5 Å². The second kappa shape index (κ2) is 10.7. The molecule has 0 spiro atoms. The van der Waals surface area contributed by atoms with Gasteiger partial charge in [-0.2, -0.15) is 0 Å². The van der Waals surface area contributed by atoms with E-state index >= 15 is 0 Å². The number of carbonyl (C=O) groups is 1. The number of anilines is 2. The second-order valence-electron chi connectivity index (χ2n) is 9.13. The van der Waals surface area contributed by atoms with Crippen LogP contribution >= 0.6 is 34.8 Å². The van der Waals surface area contributed by atoms with Gasteiger partial charge in [-0.1, -0.05) is 40.9 Å². The van der Waals surface area contributed by atoms with Crippen LogP contribution in [0.2, 0.25) is 15.1 Å². The van der Waals surface area contributed by atoms with E-state index in [2.05, 4.69) is 34.2 Å². The zero-order valence-corrected chi connectivity index (χ0v) is 21.1. The molecular weight excluding hydrogens is 479 g/mol. The predicted octanol–water partition coefficient (Wildman–Crippen LogP) is 5.99. The lowest BCUT2D eigenvalue weighted by Gasteiger charge is -2.42. The van der Waals surface area contributed by atoms with Crippen LogP contribution in [0.4, 0.5) is 11.4 Å². The molecule has 1 amide bonds. The highest BCUT2D eigenvalue weighted by Crippen LogP contribution is 2.34. The SMILES string of the molecule is C[C@@H](Nc1cc(N2CCN(C3CCC(C(N)=O)CC3)CC2)ccc1Cl)c1ccc(Cl)cc1Cl. The maximum atomic E-state index is 11.4. The van der Waals surface area contributed by atoms with Crippen molar-refractivity contribution in [2.45, 2.75) is 44.7 Å². The van der Waals surface area contributed by atoms with Crippen molar-refractivity contribution < 1.29 is 4.79 Å². The third kappa shape index (κ3) is 5.89. The van der Waals surface area contributed by atoms with E-state index in [9.17, 15) is 4.79 Å². The van der Waals surface area contributed by atoms with Gasteiger partial charge in [0.2, 0.25) is 5.91 Å². The van der Waals surface area contributed by atoms with Gasteiger partial charge >= 0.3 is 0 Å². The van der Waals surface area contributed by atoms with E-state index in [1.807, 2.05) is 18.2 Å². The molecule has 1 atom stereocenters. The van der Waals surface area contributed by atoms with E-state index in [-0.39, 0.29) is 17.9 Å². The second-order valence-corrected chi connectivity index (χ2v) is 10.4. The molecule has 1 saturated carbocycles. The minimum absolute atomic E-state index is 0.0186. The van der Waals surface area contributed by atoms with Crippen molar-refractivity contribution in [2.75, 3.05) is 36.4 Å². The Morgan fingerprint density at radius 2 is 1.67 bits per heavy atom. The van der Waals surface area contributed by atoms with Crippen molar-refractivity contribution in [2.24, 2.45) is 11.7 Å². The molecule has 178 valence electrons. The highest BCUT2D eigenvalue weighted by molar-refractivity contribution is 6.35. The molecule has 1 aliphatic heterocycles. The average molecular weight is 510 g/mol. The molecule has 2 aliphatic rings. The first-order valence-electron chi connectivity index (χ1n) is 11.6. The molecular formula is C25H31Cl3N4O. The van der Waals surface area contributed by atoms with Gasteiger partial charge < -0.3 is 16.0 Å². The van der Waals surface area contributed by atoms with E-state index in [4.69, 9.17) is 40.5 Å². The Kier molecular flexibility index (Phi) is 7.95. The molecule has 5 nitrogen and oxygen atoms in total. The van der Waals surface area contributed by atoms with Crippen molar-refractivity contribution in [1.29, 1.82) is 0 Å². The van der Waals surface area contributed by atoms with Crippen LogP contribution in [-0.4, -0.2) is 43.0 Å². The third-order valence-electron chi connectivity index (χ3n) is 7.05. The largest absolute Gasteiger partial charge is 0.377 e. The Hall–Kier alpha value is -1.66. The summed E-state index contributed by atoms with van der Waals surface area (Å²) in [6.45, 7) is 6.04. The maximum absolute atomic E-state index is 11.4. The number of rotatable bonds is 6. The molecule has 0 unspecified atom stereocenters. The Morgan fingerprint density at radius 1 is 0.970 bits per heavy atom.